The molecule has 6 aromatic carbocycles. The zero-order chi connectivity index (χ0) is 26.4. The van der Waals surface area contributed by atoms with Crippen LogP contribution in [-0.4, -0.2) is 0 Å². The van der Waals surface area contributed by atoms with Crippen molar-refractivity contribution < 1.29 is 0 Å². The van der Waals surface area contributed by atoms with Crippen LogP contribution in [0.2, 0.25) is 0 Å². The molecule has 38 heavy (non-hydrogen) atoms. The van der Waals surface area contributed by atoms with Gasteiger partial charge in [-0.1, -0.05) is 145 Å². The minimum absolute atomic E-state index is 0. The van der Waals surface area contributed by atoms with E-state index in [1.165, 1.54) is 65.7 Å². The third kappa shape index (κ3) is 5.09. The lowest BCUT2D eigenvalue weighted by Gasteiger charge is -2.22. The highest BCUT2D eigenvalue weighted by molar-refractivity contribution is 6.20. The van der Waals surface area contributed by atoms with Crippen molar-refractivity contribution in [2.45, 2.75) is 55.4 Å². The van der Waals surface area contributed by atoms with Crippen molar-refractivity contribution in [3.63, 3.8) is 0 Å². The van der Waals surface area contributed by atoms with Gasteiger partial charge in [0.1, 0.15) is 0 Å². The maximum atomic E-state index is 2.37. The van der Waals surface area contributed by atoms with Gasteiger partial charge < -0.3 is 0 Å². The molecule has 0 unspecified atom stereocenters. The van der Waals surface area contributed by atoms with Crippen molar-refractivity contribution in [3.8, 4) is 22.3 Å². The fourth-order valence-electron chi connectivity index (χ4n) is 5.52. The van der Waals surface area contributed by atoms with Gasteiger partial charge in [0.25, 0.3) is 0 Å². The highest BCUT2D eigenvalue weighted by Gasteiger charge is 2.20. The minimum atomic E-state index is 0. The highest BCUT2D eigenvalue weighted by Crippen LogP contribution is 2.45. The van der Waals surface area contributed by atoms with E-state index >= 15 is 0 Å². The van der Waals surface area contributed by atoms with Gasteiger partial charge >= 0.3 is 0 Å². The van der Waals surface area contributed by atoms with E-state index in [0.29, 0.717) is 0 Å². The van der Waals surface area contributed by atoms with E-state index < -0.39 is 0 Å². The molecule has 0 bridgehead atoms. The van der Waals surface area contributed by atoms with Gasteiger partial charge in [-0.3, -0.25) is 0 Å². The predicted molar refractivity (Wildman–Crippen MR) is 173 cm³/mol. The highest BCUT2D eigenvalue weighted by atomic mass is 14.2. The summed E-state index contributed by atoms with van der Waals surface area (Å²) in [5, 5.41) is 7.88. The van der Waals surface area contributed by atoms with Gasteiger partial charge in [0, 0.05) is 0 Å². The molecule has 0 aliphatic rings. The third-order valence-corrected chi connectivity index (χ3v) is 7.03. The van der Waals surface area contributed by atoms with Gasteiger partial charge in [0.2, 0.25) is 0 Å². The van der Waals surface area contributed by atoms with Crippen LogP contribution in [0.4, 0.5) is 0 Å². The van der Waals surface area contributed by atoms with Crippen LogP contribution in [-0.2, 0) is 6.42 Å². The summed E-state index contributed by atoms with van der Waals surface area (Å²) in [5.74, 6) is 0. The Hall–Kier alpha value is -3.90. The molecule has 0 radical (unpaired) electrons. The second-order valence-corrected chi connectivity index (χ2v) is 8.84. The quantitative estimate of drug-likeness (QED) is 0.213. The largest absolute Gasteiger partial charge is 0.0776 e. The Balaban J connectivity index is 0.000000766. The lowest BCUT2D eigenvalue weighted by atomic mass is 9.81. The number of benzene rings is 6. The second kappa shape index (κ2) is 13.1. The number of hydrogen-bond donors (Lipinski definition) is 0. The maximum Gasteiger partial charge on any atom is -0.00176 e. The van der Waals surface area contributed by atoms with Crippen LogP contribution in [0.3, 0.4) is 0 Å². The molecular formula is C38H42. The Labute approximate surface area is 230 Å². The Kier molecular flexibility index (Phi) is 9.85. The summed E-state index contributed by atoms with van der Waals surface area (Å²) in [5.41, 5.74) is 8.15. The average Bonchev–Trinajstić information content (AvgIpc) is 2.98. The van der Waals surface area contributed by atoms with Crippen LogP contribution in [0.5, 0.6) is 0 Å². The van der Waals surface area contributed by atoms with Crippen molar-refractivity contribution in [2.24, 2.45) is 0 Å². The van der Waals surface area contributed by atoms with Gasteiger partial charge in [-0.05, 0) is 85.1 Å². The van der Waals surface area contributed by atoms with E-state index in [9.17, 15) is 0 Å². The summed E-state index contributed by atoms with van der Waals surface area (Å²) in [4.78, 5) is 0. The summed E-state index contributed by atoms with van der Waals surface area (Å²) in [7, 11) is 0. The minimum Gasteiger partial charge on any atom is -0.0776 e. The van der Waals surface area contributed by atoms with Crippen LogP contribution in [0.25, 0.3) is 54.6 Å². The molecule has 0 saturated heterocycles. The molecule has 0 aromatic heterocycles. The van der Waals surface area contributed by atoms with Gasteiger partial charge in [0.05, 0.1) is 0 Å². The molecule has 0 fully saturated rings. The van der Waals surface area contributed by atoms with E-state index in [0.717, 1.165) is 6.42 Å². The number of hydrogen-bond acceptors (Lipinski definition) is 0. The van der Waals surface area contributed by atoms with Gasteiger partial charge in [-0.15, -0.1) is 0 Å². The molecule has 0 nitrogen and oxygen atoms in total. The van der Waals surface area contributed by atoms with Crippen LogP contribution in [0, 0.1) is 6.92 Å². The lowest BCUT2D eigenvalue weighted by Crippen LogP contribution is -1.99. The first-order valence-corrected chi connectivity index (χ1v) is 13.8. The first-order chi connectivity index (χ1) is 18.3. The molecule has 0 amide bonds. The zero-order valence-corrected chi connectivity index (χ0v) is 23.1. The maximum absolute atomic E-state index is 2.37. The number of rotatable bonds is 3. The van der Waals surface area contributed by atoms with Crippen molar-refractivity contribution in [1.29, 1.82) is 0 Å². The molecule has 0 aliphatic heterocycles. The molecular weight excluding hydrogens is 456 g/mol. The van der Waals surface area contributed by atoms with Crippen molar-refractivity contribution in [1.82, 2.24) is 0 Å². The summed E-state index contributed by atoms with van der Waals surface area (Å²) >= 11 is 0. The fraction of sp³-hybridized carbons (Fsp3) is 0.211. The first kappa shape index (κ1) is 28.7. The molecule has 6 rings (SSSR count). The normalized spacial score (nSPS) is 10.3. The third-order valence-electron chi connectivity index (χ3n) is 7.03. The average molecular weight is 499 g/mol. The molecule has 0 aliphatic carbocycles. The molecule has 0 heteroatoms. The Bertz CT molecular complexity index is 1640. The van der Waals surface area contributed by atoms with E-state index in [2.05, 4.69) is 123 Å². The molecule has 6 aromatic rings. The Morgan fingerprint density at radius 3 is 1.76 bits per heavy atom. The predicted octanol–water partition coefficient (Wildman–Crippen LogP) is 12.0. The van der Waals surface area contributed by atoms with Gasteiger partial charge in [0.15, 0.2) is 0 Å². The van der Waals surface area contributed by atoms with Crippen LogP contribution in [0.1, 0.15) is 53.2 Å². The topological polar surface area (TPSA) is 0 Å². The fourth-order valence-corrected chi connectivity index (χ4v) is 5.52. The molecule has 0 heterocycles. The van der Waals surface area contributed by atoms with Gasteiger partial charge in [-0.2, -0.15) is 0 Å². The number of fused-ring (bicyclic) bond motifs is 4. The first-order valence-electron chi connectivity index (χ1n) is 13.8. The summed E-state index contributed by atoms with van der Waals surface area (Å²) < 4.78 is 0. The molecule has 194 valence electrons. The van der Waals surface area contributed by atoms with Crippen LogP contribution >= 0.6 is 0 Å². The van der Waals surface area contributed by atoms with E-state index in [1.807, 2.05) is 27.7 Å². The molecule has 0 atom stereocenters. The smallest absolute Gasteiger partial charge is 0.00176 e. The Morgan fingerprint density at radius 2 is 1.08 bits per heavy atom. The Morgan fingerprint density at radius 1 is 0.500 bits per heavy atom. The van der Waals surface area contributed by atoms with Crippen molar-refractivity contribution >= 4 is 32.3 Å². The summed E-state index contributed by atoms with van der Waals surface area (Å²) in [6, 6.07) is 39.9. The standard InChI is InChI=1S/C33H26.2C2H6.CH4/c1-3-28-22(2)31(25-13-5-4-6-14-25)30-20-19-24-12-9-10-16-29(24)33(30)32(28)27-18-17-23-11-7-8-15-26(23)21-27;2*1-2;/h4-21H,3H2,1-2H3;2*1-2H3;1H4. The molecule has 0 saturated carbocycles. The SMILES string of the molecule is C.CC.CC.CCc1c(C)c(-c2ccccc2)c2ccc3ccccc3c2c1-c1ccc2ccccc2c1. The van der Waals surface area contributed by atoms with Crippen molar-refractivity contribution in [3.05, 3.63) is 120 Å². The van der Waals surface area contributed by atoms with E-state index in [-0.39, 0.29) is 7.43 Å². The lowest BCUT2D eigenvalue weighted by molar-refractivity contribution is 1.12. The second-order valence-electron chi connectivity index (χ2n) is 8.84. The summed E-state index contributed by atoms with van der Waals surface area (Å²) in [6.45, 7) is 12.6. The molecule has 0 N–H and O–H groups in total. The zero-order valence-electron chi connectivity index (χ0n) is 23.1. The van der Waals surface area contributed by atoms with E-state index in [1.54, 1.807) is 0 Å². The molecule has 0 spiro atoms. The summed E-state index contributed by atoms with van der Waals surface area (Å²) in [6.07, 6.45) is 0.993. The van der Waals surface area contributed by atoms with E-state index in [4.69, 9.17) is 0 Å². The van der Waals surface area contributed by atoms with Crippen LogP contribution < -0.4 is 0 Å². The van der Waals surface area contributed by atoms with Crippen LogP contribution in [0.15, 0.2) is 109 Å². The van der Waals surface area contributed by atoms with Gasteiger partial charge in [-0.25, -0.2) is 0 Å². The monoisotopic (exact) mass is 498 g/mol. The van der Waals surface area contributed by atoms with Crippen molar-refractivity contribution in [2.75, 3.05) is 0 Å².